The average Bonchev–Trinajstić information content (AvgIpc) is 2.69. The van der Waals surface area contributed by atoms with Gasteiger partial charge in [0.25, 0.3) is 0 Å². The molecule has 0 aromatic rings. The van der Waals surface area contributed by atoms with Crippen molar-refractivity contribution < 1.29 is 9.90 Å². The van der Waals surface area contributed by atoms with E-state index in [1.165, 1.54) is 0 Å². The fraction of sp³-hybridized carbons (Fsp3) is 0.909. The van der Waals surface area contributed by atoms with Gasteiger partial charge in [0, 0.05) is 26.2 Å². The Bertz CT molecular complexity index is 241. The highest BCUT2D eigenvalue weighted by Gasteiger charge is 2.46. The number of rotatable bonds is 2. The smallest absolute Gasteiger partial charge is 0.324 e. The molecule has 0 amide bonds. The second-order valence-corrected chi connectivity index (χ2v) is 4.83. The Morgan fingerprint density at radius 2 is 1.67 bits per heavy atom. The average molecular weight is 212 g/mol. The lowest BCUT2D eigenvalue weighted by Crippen LogP contribution is -2.59. The maximum Gasteiger partial charge on any atom is 0.324 e. The van der Waals surface area contributed by atoms with Crippen LogP contribution in [0.1, 0.15) is 25.7 Å². The molecule has 4 nitrogen and oxygen atoms in total. The molecule has 2 fully saturated rings. The van der Waals surface area contributed by atoms with Gasteiger partial charge in [-0.15, -0.1) is 0 Å². The van der Waals surface area contributed by atoms with Crippen LogP contribution in [0.3, 0.4) is 0 Å². The van der Waals surface area contributed by atoms with Gasteiger partial charge in [-0.1, -0.05) is 12.8 Å². The highest BCUT2D eigenvalue weighted by atomic mass is 16.4. The molecule has 86 valence electrons. The van der Waals surface area contributed by atoms with Crippen LogP contribution in [0.2, 0.25) is 0 Å². The topological polar surface area (TPSA) is 43.8 Å². The van der Waals surface area contributed by atoms with Crippen molar-refractivity contribution in [3.8, 4) is 0 Å². The minimum atomic E-state index is -0.607. The SMILES string of the molecule is CN1CCN(C2(C(=O)O)CCCC2)CC1. The van der Waals surface area contributed by atoms with Gasteiger partial charge in [0.05, 0.1) is 0 Å². The van der Waals surface area contributed by atoms with Crippen molar-refractivity contribution in [3.63, 3.8) is 0 Å². The zero-order chi connectivity index (χ0) is 10.9. The summed E-state index contributed by atoms with van der Waals surface area (Å²) >= 11 is 0. The number of carboxylic acid groups (broad SMARTS) is 1. The van der Waals surface area contributed by atoms with E-state index in [0.717, 1.165) is 51.9 Å². The Kier molecular flexibility index (Phi) is 2.98. The molecule has 1 saturated heterocycles. The molecular weight excluding hydrogens is 192 g/mol. The van der Waals surface area contributed by atoms with E-state index in [-0.39, 0.29) is 0 Å². The number of hydrogen-bond acceptors (Lipinski definition) is 3. The van der Waals surface area contributed by atoms with Crippen LogP contribution >= 0.6 is 0 Å². The first-order chi connectivity index (χ1) is 7.15. The van der Waals surface area contributed by atoms with Gasteiger partial charge in [-0.25, -0.2) is 0 Å². The first-order valence-corrected chi connectivity index (χ1v) is 5.82. The fourth-order valence-electron chi connectivity index (χ4n) is 2.86. The van der Waals surface area contributed by atoms with Gasteiger partial charge < -0.3 is 10.0 Å². The van der Waals surface area contributed by atoms with Crippen LogP contribution in [0.15, 0.2) is 0 Å². The van der Waals surface area contributed by atoms with Crippen LogP contribution in [-0.2, 0) is 4.79 Å². The molecule has 2 aliphatic rings. The van der Waals surface area contributed by atoms with E-state index >= 15 is 0 Å². The van der Waals surface area contributed by atoms with Gasteiger partial charge in [0.1, 0.15) is 5.54 Å². The van der Waals surface area contributed by atoms with Gasteiger partial charge in [0.2, 0.25) is 0 Å². The third-order valence-corrected chi connectivity index (χ3v) is 3.94. The number of hydrogen-bond donors (Lipinski definition) is 1. The van der Waals surface area contributed by atoms with Crippen molar-refractivity contribution >= 4 is 5.97 Å². The Balaban J connectivity index is 2.08. The van der Waals surface area contributed by atoms with Crippen molar-refractivity contribution in [2.75, 3.05) is 33.2 Å². The van der Waals surface area contributed by atoms with Crippen LogP contribution in [0.5, 0.6) is 0 Å². The minimum Gasteiger partial charge on any atom is -0.480 e. The van der Waals surface area contributed by atoms with Crippen molar-refractivity contribution in [3.05, 3.63) is 0 Å². The molecule has 2 rings (SSSR count). The number of carboxylic acids is 1. The second-order valence-electron chi connectivity index (χ2n) is 4.83. The van der Waals surface area contributed by atoms with E-state index in [1.54, 1.807) is 0 Å². The summed E-state index contributed by atoms with van der Waals surface area (Å²) in [5.74, 6) is -0.607. The third-order valence-electron chi connectivity index (χ3n) is 3.94. The molecule has 0 bridgehead atoms. The lowest BCUT2D eigenvalue weighted by molar-refractivity contribution is -0.152. The predicted molar refractivity (Wildman–Crippen MR) is 57.9 cm³/mol. The maximum absolute atomic E-state index is 11.4. The predicted octanol–water partition coefficient (Wildman–Crippen LogP) is 0.631. The standard InChI is InChI=1S/C11H20N2O2/c1-12-6-8-13(9-7-12)11(10(14)15)4-2-3-5-11/h2-9H2,1H3,(H,14,15). The normalized spacial score (nSPS) is 28.1. The van der Waals surface area contributed by atoms with Crippen molar-refractivity contribution in [1.82, 2.24) is 9.80 Å². The van der Waals surface area contributed by atoms with E-state index in [4.69, 9.17) is 0 Å². The van der Waals surface area contributed by atoms with E-state index < -0.39 is 11.5 Å². The summed E-state index contributed by atoms with van der Waals surface area (Å²) < 4.78 is 0. The molecule has 0 spiro atoms. The molecule has 0 atom stereocenters. The molecule has 4 heteroatoms. The monoisotopic (exact) mass is 212 g/mol. The summed E-state index contributed by atoms with van der Waals surface area (Å²) in [6, 6.07) is 0. The van der Waals surface area contributed by atoms with Crippen LogP contribution in [0, 0.1) is 0 Å². The molecule has 15 heavy (non-hydrogen) atoms. The van der Waals surface area contributed by atoms with E-state index in [1.807, 2.05) is 0 Å². The van der Waals surface area contributed by atoms with E-state index in [0.29, 0.717) is 0 Å². The number of nitrogens with zero attached hydrogens (tertiary/aromatic N) is 2. The molecule has 0 aromatic heterocycles. The molecule has 1 aliphatic heterocycles. The van der Waals surface area contributed by atoms with Crippen LogP contribution in [0.4, 0.5) is 0 Å². The summed E-state index contributed by atoms with van der Waals surface area (Å²) in [4.78, 5) is 15.9. The Hall–Kier alpha value is -0.610. The summed E-state index contributed by atoms with van der Waals surface area (Å²) in [6.07, 6.45) is 3.81. The lowest BCUT2D eigenvalue weighted by Gasteiger charge is -2.42. The number of carbonyl (C=O) groups is 1. The quantitative estimate of drug-likeness (QED) is 0.729. The molecule has 1 N–H and O–H groups in total. The van der Waals surface area contributed by atoms with Crippen LogP contribution in [0.25, 0.3) is 0 Å². The van der Waals surface area contributed by atoms with Crippen molar-refractivity contribution in [1.29, 1.82) is 0 Å². The highest BCUT2D eigenvalue weighted by Crippen LogP contribution is 2.36. The van der Waals surface area contributed by atoms with Crippen molar-refractivity contribution in [2.45, 2.75) is 31.2 Å². The lowest BCUT2D eigenvalue weighted by atomic mass is 9.94. The first-order valence-electron chi connectivity index (χ1n) is 5.82. The largest absolute Gasteiger partial charge is 0.480 e. The van der Waals surface area contributed by atoms with Crippen LogP contribution in [-0.4, -0.2) is 59.6 Å². The zero-order valence-corrected chi connectivity index (χ0v) is 9.41. The van der Waals surface area contributed by atoms with Crippen LogP contribution < -0.4 is 0 Å². The van der Waals surface area contributed by atoms with Gasteiger partial charge >= 0.3 is 5.97 Å². The first kappa shape index (κ1) is 10.9. The minimum absolute atomic E-state index is 0.527. The summed E-state index contributed by atoms with van der Waals surface area (Å²) in [5, 5.41) is 9.43. The molecule has 0 radical (unpaired) electrons. The Morgan fingerprint density at radius 1 is 1.13 bits per heavy atom. The third kappa shape index (κ3) is 1.88. The van der Waals surface area contributed by atoms with E-state index in [9.17, 15) is 9.90 Å². The van der Waals surface area contributed by atoms with Gasteiger partial charge in [-0.2, -0.15) is 0 Å². The fourth-order valence-corrected chi connectivity index (χ4v) is 2.86. The van der Waals surface area contributed by atoms with E-state index in [2.05, 4.69) is 16.8 Å². The summed E-state index contributed by atoms with van der Waals surface area (Å²) in [5.41, 5.74) is -0.527. The summed E-state index contributed by atoms with van der Waals surface area (Å²) in [7, 11) is 2.10. The molecule has 1 aliphatic carbocycles. The Labute approximate surface area is 90.9 Å². The van der Waals surface area contributed by atoms with Crippen molar-refractivity contribution in [2.24, 2.45) is 0 Å². The highest BCUT2D eigenvalue weighted by molar-refractivity contribution is 5.79. The molecule has 1 saturated carbocycles. The molecular formula is C11H20N2O2. The summed E-state index contributed by atoms with van der Waals surface area (Å²) in [6.45, 7) is 3.80. The van der Waals surface area contributed by atoms with Gasteiger partial charge in [-0.3, -0.25) is 9.69 Å². The number of aliphatic carboxylic acids is 1. The number of likely N-dealkylation sites (N-methyl/N-ethyl adjacent to an activating group) is 1. The molecule has 1 heterocycles. The maximum atomic E-state index is 11.4. The Morgan fingerprint density at radius 3 is 2.13 bits per heavy atom. The van der Waals surface area contributed by atoms with Gasteiger partial charge in [-0.05, 0) is 19.9 Å². The molecule has 0 aromatic carbocycles. The van der Waals surface area contributed by atoms with Gasteiger partial charge in [0.15, 0.2) is 0 Å². The number of piperazine rings is 1. The zero-order valence-electron chi connectivity index (χ0n) is 9.41. The molecule has 0 unspecified atom stereocenters. The second kappa shape index (κ2) is 4.10.